The first-order valence-corrected chi connectivity index (χ1v) is 14.1. The summed E-state index contributed by atoms with van der Waals surface area (Å²) < 4.78 is 5.49. The van der Waals surface area contributed by atoms with E-state index in [1.807, 2.05) is 0 Å². The second-order valence-electron chi connectivity index (χ2n) is 10.2. The Labute approximate surface area is 232 Å². The first kappa shape index (κ1) is 33.6. The molecule has 0 N–H and O–H groups in total. The Morgan fingerprint density at radius 1 is 0.406 bits per heavy atom. The molecule has 32 heavy (non-hydrogen) atoms. The van der Waals surface area contributed by atoms with Crippen molar-refractivity contribution in [3.63, 3.8) is 0 Å². The molecule has 0 atom stereocenters. The van der Waals surface area contributed by atoms with E-state index in [4.69, 9.17) is 0 Å². The molecule has 0 aromatic heterocycles. The van der Waals surface area contributed by atoms with E-state index in [2.05, 4.69) is 9.34 Å². The zero-order chi connectivity index (χ0) is 19.2. The summed E-state index contributed by atoms with van der Waals surface area (Å²) in [6.45, 7) is 0. The molecule has 0 unspecified atom stereocenters. The summed E-state index contributed by atoms with van der Waals surface area (Å²) in [6, 6.07) is 2.62. The fraction of sp³-hybridized carbons (Fsp3) is 1.00. The number of halogens is 3. The van der Waals surface area contributed by atoms with Crippen LogP contribution in [0, 0.1) is 0 Å². The fourth-order valence-electron chi connectivity index (χ4n) is 6.68. The molecule has 4 rings (SSSR count). The van der Waals surface area contributed by atoms with Crippen LogP contribution in [0.5, 0.6) is 0 Å². The maximum absolute atomic E-state index is 12.1. The van der Waals surface area contributed by atoms with Crippen molar-refractivity contribution >= 4 is 8.01 Å². The molecule has 0 spiro atoms. The third kappa shape index (κ3) is 8.92. The molecule has 0 heterocycles. The van der Waals surface area contributed by atoms with Crippen LogP contribution in [0.25, 0.3) is 5.16 Å². The molecule has 0 aromatic rings. The summed E-state index contributed by atoms with van der Waals surface area (Å²) in [7, 11) is -1.13. The van der Waals surface area contributed by atoms with E-state index < -0.39 is 8.01 Å². The van der Waals surface area contributed by atoms with Crippen LogP contribution in [0.15, 0.2) is 0 Å². The molecular weight excluding hydrogens is 515 g/mol. The SMILES string of the molecule is [Cl-].[Cl-].[Cl-].[N-]=[P+](N(C1CCCCC1)C1CCCCC1)N(C1CCCCC1)C1CCCCC1.[Ti+4]. The molecule has 3 nitrogen and oxygen atoms in total. The van der Waals surface area contributed by atoms with Crippen molar-refractivity contribution in [2.75, 3.05) is 0 Å². The number of hydrogen-bond acceptors (Lipinski definition) is 0. The molecule has 8 heteroatoms. The molecule has 0 amide bonds. The average Bonchev–Trinajstić information content (AvgIpc) is 2.77. The van der Waals surface area contributed by atoms with Crippen LogP contribution in [0.1, 0.15) is 128 Å². The van der Waals surface area contributed by atoms with Gasteiger partial charge in [-0.2, -0.15) is 0 Å². The predicted octanol–water partition coefficient (Wildman–Crippen LogP) is -1.00. The number of nitrogens with zero attached hydrogens (tertiary/aromatic N) is 3. The van der Waals surface area contributed by atoms with Crippen LogP contribution >= 0.6 is 8.01 Å². The summed E-state index contributed by atoms with van der Waals surface area (Å²) in [5.74, 6) is 0. The van der Waals surface area contributed by atoms with Gasteiger partial charge in [-0.05, 0) is 51.4 Å². The second-order valence-corrected chi connectivity index (χ2v) is 11.7. The van der Waals surface area contributed by atoms with Gasteiger partial charge in [0, 0.05) is 0 Å². The van der Waals surface area contributed by atoms with Gasteiger partial charge in [0.15, 0.2) is 8.01 Å². The molecule has 0 aliphatic heterocycles. The molecule has 0 radical (unpaired) electrons. The molecule has 4 saturated carbocycles. The topological polar surface area (TPSA) is 28.8 Å². The van der Waals surface area contributed by atoms with Crippen molar-refractivity contribution in [2.24, 2.45) is 0 Å². The summed E-state index contributed by atoms with van der Waals surface area (Å²) >= 11 is 0. The normalized spacial score (nSPS) is 24.1. The minimum Gasteiger partial charge on any atom is -1.00 e. The van der Waals surface area contributed by atoms with Gasteiger partial charge in [-0.25, -0.2) is 0 Å². The molecule has 4 aliphatic carbocycles. The largest absolute Gasteiger partial charge is 4.00 e. The minimum atomic E-state index is -1.13. The van der Waals surface area contributed by atoms with Gasteiger partial charge < -0.3 is 42.4 Å². The Bertz CT molecular complexity index is 415. The number of rotatable bonds is 6. The van der Waals surface area contributed by atoms with Crippen LogP contribution in [0.3, 0.4) is 0 Å². The zero-order valence-corrected chi connectivity index (χ0v) is 24.6. The van der Waals surface area contributed by atoms with Crippen LogP contribution in [-0.2, 0) is 21.7 Å². The van der Waals surface area contributed by atoms with Crippen molar-refractivity contribution in [2.45, 2.75) is 153 Å². The van der Waals surface area contributed by atoms with Gasteiger partial charge in [-0.15, -0.1) is 9.34 Å². The molecule has 184 valence electrons. The van der Waals surface area contributed by atoms with E-state index in [1.165, 1.54) is 128 Å². The maximum atomic E-state index is 12.1. The zero-order valence-electron chi connectivity index (χ0n) is 19.9. The van der Waals surface area contributed by atoms with E-state index in [9.17, 15) is 5.16 Å². The first-order chi connectivity index (χ1) is 13.8. The molecule has 0 aromatic carbocycles. The van der Waals surface area contributed by atoms with E-state index in [-0.39, 0.29) is 58.9 Å². The molecule has 4 aliphatic rings. The van der Waals surface area contributed by atoms with Gasteiger partial charge in [0.25, 0.3) is 0 Å². The average molecular weight is 560 g/mol. The molecular formula is C24H44Cl3N3PTi+. The maximum Gasteiger partial charge on any atom is 4.00 e. The Morgan fingerprint density at radius 2 is 0.594 bits per heavy atom. The first-order valence-electron chi connectivity index (χ1n) is 12.9. The summed E-state index contributed by atoms with van der Waals surface area (Å²) in [6.07, 6.45) is 27.3. The van der Waals surface area contributed by atoms with Crippen molar-refractivity contribution in [1.29, 1.82) is 0 Å². The van der Waals surface area contributed by atoms with Gasteiger partial charge in [-0.1, -0.05) is 77.0 Å². The summed E-state index contributed by atoms with van der Waals surface area (Å²) in [5, 5.41) is 12.1. The van der Waals surface area contributed by atoms with Gasteiger partial charge >= 0.3 is 21.7 Å². The number of hydrogen-bond donors (Lipinski definition) is 0. The van der Waals surface area contributed by atoms with E-state index in [1.54, 1.807) is 0 Å². The van der Waals surface area contributed by atoms with E-state index >= 15 is 0 Å². The molecule has 0 saturated heterocycles. The summed E-state index contributed by atoms with van der Waals surface area (Å²) in [5.41, 5.74) is 0. The Kier molecular flexibility index (Phi) is 18.8. The van der Waals surface area contributed by atoms with Gasteiger partial charge in [-0.3, -0.25) is 0 Å². The van der Waals surface area contributed by atoms with Gasteiger partial charge in [0.2, 0.25) is 0 Å². The van der Waals surface area contributed by atoms with E-state index in [0.29, 0.717) is 24.2 Å². The van der Waals surface area contributed by atoms with Crippen molar-refractivity contribution < 1.29 is 58.9 Å². The van der Waals surface area contributed by atoms with Crippen LogP contribution in [0.4, 0.5) is 0 Å². The molecule has 0 bridgehead atoms. The van der Waals surface area contributed by atoms with Crippen molar-refractivity contribution in [1.82, 2.24) is 9.34 Å². The standard InChI is InChI=1S/C24H44N3P.3ClH.Ti/c25-28(26(21-13-5-1-6-14-21)22-15-7-2-8-16-22)27(23-17-9-3-10-18-23)24-19-11-4-12-20-24;;;;/h21-24H,1-20H2;3*1H;/q;;;;+4/p-3. The van der Waals surface area contributed by atoms with Crippen molar-refractivity contribution in [3.8, 4) is 0 Å². The van der Waals surface area contributed by atoms with Gasteiger partial charge in [0.05, 0.1) is 24.2 Å². The Hall–Kier alpha value is 1.60. The third-order valence-corrected chi connectivity index (χ3v) is 10.3. The van der Waals surface area contributed by atoms with Gasteiger partial charge in [0.1, 0.15) is 0 Å². The minimum absolute atomic E-state index is 0. The third-order valence-electron chi connectivity index (χ3n) is 8.21. The summed E-state index contributed by atoms with van der Waals surface area (Å²) in [4.78, 5) is 0. The predicted molar refractivity (Wildman–Crippen MR) is 121 cm³/mol. The second kappa shape index (κ2) is 17.9. The Morgan fingerprint density at radius 3 is 0.781 bits per heavy atom. The molecule has 4 fully saturated rings. The van der Waals surface area contributed by atoms with Crippen LogP contribution in [-0.4, -0.2) is 33.5 Å². The van der Waals surface area contributed by atoms with Crippen LogP contribution < -0.4 is 37.2 Å². The van der Waals surface area contributed by atoms with Crippen molar-refractivity contribution in [3.05, 3.63) is 5.16 Å². The Balaban J connectivity index is 0.00000240. The smallest absolute Gasteiger partial charge is 1.00 e. The van der Waals surface area contributed by atoms with Crippen LogP contribution in [0.2, 0.25) is 0 Å². The quantitative estimate of drug-likeness (QED) is 0.309. The monoisotopic (exact) mass is 558 g/mol. The van der Waals surface area contributed by atoms with E-state index in [0.717, 1.165) is 0 Å². The fourth-order valence-corrected chi connectivity index (χ4v) is 9.01.